The average Bonchev–Trinajstić information content (AvgIpc) is 2.42. The summed E-state index contributed by atoms with van der Waals surface area (Å²) in [5.74, 6) is 0.686. The number of nitrogens with zero attached hydrogens (tertiary/aromatic N) is 1. The van der Waals surface area contributed by atoms with Crippen molar-refractivity contribution in [2.45, 2.75) is 36.6 Å². The van der Waals surface area contributed by atoms with Crippen molar-refractivity contribution < 1.29 is 13.2 Å². The van der Waals surface area contributed by atoms with Crippen LogP contribution in [-0.2, 0) is 16.4 Å². The molecule has 6 heteroatoms. The van der Waals surface area contributed by atoms with Gasteiger partial charge in [0.25, 0.3) is 0 Å². The monoisotopic (exact) mass is 312 g/mol. The molecule has 0 amide bonds. The molecule has 0 spiro atoms. The molecule has 2 rings (SSSR count). The van der Waals surface area contributed by atoms with Crippen molar-refractivity contribution in [2.75, 3.05) is 27.7 Å². The minimum atomic E-state index is -3.44. The van der Waals surface area contributed by atoms with Gasteiger partial charge in [-0.1, -0.05) is 6.42 Å². The molecule has 1 N–H and O–H groups in total. The average molecular weight is 312 g/mol. The lowest BCUT2D eigenvalue weighted by Crippen LogP contribution is -2.41. The molecule has 1 aliphatic carbocycles. The zero-order chi connectivity index (χ0) is 15.5. The summed E-state index contributed by atoms with van der Waals surface area (Å²) in [5, 5.41) is 3.06. The summed E-state index contributed by atoms with van der Waals surface area (Å²) in [5.41, 5.74) is 0.801. The molecule has 1 aromatic rings. The van der Waals surface area contributed by atoms with Gasteiger partial charge in [0.05, 0.1) is 12.0 Å². The SMILES string of the molecule is CNCCc1cc(OC)ccc1S(=O)(=O)N(C)C1CCC1. The van der Waals surface area contributed by atoms with Gasteiger partial charge in [-0.3, -0.25) is 0 Å². The van der Waals surface area contributed by atoms with Crippen LogP contribution in [0.15, 0.2) is 23.1 Å². The fraction of sp³-hybridized carbons (Fsp3) is 0.600. The van der Waals surface area contributed by atoms with Crippen LogP contribution in [0.25, 0.3) is 0 Å². The van der Waals surface area contributed by atoms with Crippen LogP contribution in [0.5, 0.6) is 5.75 Å². The van der Waals surface area contributed by atoms with Gasteiger partial charge in [0.1, 0.15) is 5.75 Å². The van der Waals surface area contributed by atoms with Crippen LogP contribution in [-0.4, -0.2) is 46.5 Å². The van der Waals surface area contributed by atoms with Crippen molar-refractivity contribution in [1.82, 2.24) is 9.62 Å². The van der Waals surface area contributed by atoms with Crippen LogP contribution >= 0.6 is 0 Å². The highest BCUT2D eigenvalue weighted by atomic mass is 32.2. The lowest BCUT2D eigenvalue weighted by Gasteiger charge is -2.34. The zero-order valence-electron chi connectivity index (χ0n) is 12.9. The lowest BCUT2D eigenvalue weighted by molar-refractivity contribution is 0.249. The number of hydrogen-bond donors (Lipinski definition) is 1. The number of benzene rings is 1. The molecule has 0 radical (unpaired) electrons. The van der Waals surface area contributed by atoms with Crippen LogP contribution in [0.1, 0.15) is 24.8 Å². The Hall–Kier alpha value is -1.11. The summed E-state index contributed by atoms with van der Waals surface area (Å²) < 4.78 is 32.4. The molecule has 0 bridgehead atoms. The largest absolute Gasteiger partial charge is 0.497 e. The van der Waals surface area contributed by atoms with Crippen molar-refractivity contribution in [3.8, 4) is 5.75 Å². The first-order valence-electron chi connectivity index (χ1n) is 7.30. The van der Waals surface area contributed by atoms with E-state index in [9.17, 15) is 8.42 Å². The summed E-state index contributed by atoms with van der Waals surface area (Å²) in [6.07, 6.45) is 3.68. The first-order valence-corrected chi connectivity index (χ1v) is 8.74. The molecule has 1 saturated carbocycles. The minimum absolute atomic E-state index is 0.147. The molecule has 1 fully saturated rings. The van der Waals surface area contributed by atoms with Gasteiger partial charge in [-0.2, -0.15) is 4.31 Å². The Labute approximate surface area is 127 Å². The number of nitrogens with one attached hydrogen (secondary N) is 1. The van der Waals surface area contributed by atoms with Crippen LogP contribution in [0.3, 0.4) is 0 Å². The quantitative estimate of drug-likeness (QED) is 0.831. The predicted octanol–water partition coefficient (Wildman–Crippen LogP) is 1.63. The molecule has 1 aliphatic rings. The van der Waals surface area contributed by atoms with E-state index in [-0.39, 0.29) is 6.04 Å². The highest BCUT2D eigenvalue weighted by Gasteiger charge is 2.33. The second-order valence-corrected chi connectivity index (χ2v) is 7.40. The molecule has 0 unspecified atom stereocenters. The summed E-state index contributed by atoms with van der Waals surface area (Å²) in [4.78, 5) is 0.396. The van der Waals surface area contributed by atoms with E-state index in [1.54, 1.807) is 26.3 Å². The second kappa shape index (κ2) is 6.77. The van der Waals surface area contributed by atoms with Crippen molar-refractivity contribution in [2.24, 2.45) is 0 Å². The Morgan fingerprint density at radius 2 is 2.10 bits per heavy atom. The second-order valence-electron chi connectivity index (χ2n) is 5.43. The summed E-state index contributed by atoms with van der Waals surface area (Å²) in [6.45, 7) is 0.725. The van der Waals surface area contributed by atoms with Crippen molar-refractivity contribution in [1.29, 1.82) is 0 Å². The maximum Gasteiger partial charge on any atom is 0.243 e. The summed E-state index contributed by atoms with van der Waals surface area (Å²) in [6, 6.07) is 5.34. The summed E-state index contributed by atoms with van der Waals surface area (Å²) in [7, 11) is 1.70. The van der Waals surface area contributed by atoms with E-state index in [1.165, 1.54) is 4.31 Å². The molecular formula is C15H24N2O3S. The fourth-order valence-electron chi connectivity index (χ4n) is 2.49. The summed E-state index contributed by atoms with van der Waals surface area (Å²) >= 11 is 0. The van der Waals surface area contributed by atoms with Gasteiger partial charge in [-0.25, -0.2) is 8.42 Å². The van der Waals surface area contributed by atoms with Crippen molar-refractivity contribution in [3.63, 3.8) is 0 Å². The highest BCUT2D eigenvalue weighted by molar-refractivity contribution is 7.89. The molecular weight excluding hydrogens is 288 g/mol. The maximum atomic E-state index is 12.8. The molecule has 0 aliphatic heterocycles. The third-order valence-corrected chi connectivity index (χ3v) is 6.17. The standard InChI is InChI=1S/C15H24N2O3S/c1-16-10-9-12-11-14(20-3)7-8-15(12)21(18,19)17(2)13-5-4-6-13/h7-8,11,13,16H,4-6,9-10H2,1-3H3. The van der Waals surface area contributed by atoms with Crippen molar-refractivity contribution in [3.05, 3.63) is 23.8 Å². The van der Waals surface area contributed by atoms with Crippen LogP contribution in [0, 0.1) is 0 Å². The Morgan fingerprint density at radius 3 is 2.62 bits per heavy atom. The number of ether oxygens (including phenoxy) is 1. The predicted molar refractivity (Wildman–Crippen MR) is 83.2 cm³/mol. The van der Waals surface area contributed by atoms with Gasteiger partial charge in [0.15, 0.2) is 0 Å². The molecule has 0 aromatic heterocycles. The van der Waals surface area contributed by atoms with E-state index < -0.39 is 10.0 Å². The molecule has 0 heterocycles. The van der Waals surface area contributed by atoms with E-state index in [4.69, 9.17) is 4.74 Å². The van der Waals surface area contributed by atoms with Gasteiger partial charge in [0.2, 0.25) is 10.0 Å². The molecule has 118 valence electrons. The van der Waals surface area contributed by atoms with Gasteiger partial charge in [-0.15, -0.1) is 0 Å². The van der Waals surface area contributed by atoms with E-state index >= 15 is 0 Å². The number of sulfonamides is 1. The fourth-order valence-corrected chi connectivity index (χ4v) is 4.14. The molecule has 0 saturated heterocycles. The first kappa shape index (κ1) is 16.3. The van der Waals surface area contributed by atoms with Gasteiger partial charge < -0.3 is 10.1 Å². The van der Waals surface area contributed by atoms with Crippen LogP contribution in [0.2, 0.25) is 0 Å². The maximum absolute atomic E-state index is 12.8. The smallest absolute Gasteiger partial charge is 0.243 e. The highest BCUT2D eigenvalue weighted by Crippen LogP contribution is 2.31. The normalized spacial score (nSPS) is 16.0. The molecule has 5 nitrogen and oxygen atoms in total. The molecule has 1 aromatic carbocycles. The Morgan fingerprint density at radius 1 is 1.38 bits per heavy atom. The number of hydrogen-bond acceptors (Lipinski definition) is 4. The minimum Gasteiger partial charge on any atom is -0.497 e. The van der Waals surface area contributed by atoms with E-state index in [2.05, 4.69) is 5.32 Å². The Bertz CT molecular complexity index is 583. The number of rotatable bonds is 7. The lowest BCUT2D eigenvalue weighted by atomic mass is 9.94. The molecule has 21 heavy (non-hydrogen) atoms. The third kappa shape index (κ3) is 3.39. The van der Waals surface area contributed by atoms with Gasteiger partial charge >= 0.3 is 0 Å². The van der Waals surface area contributed by atoms with Gasteiger partial charge in [-0.05, 0) is 56.6 Å². The Kier molecular flexibility index (Phi) is 5.24. The topological polar surface area (TPSA) is 58.6 Å². The number of likely N-dealkylation sites (N-methyl/N-ethyl adjacent to an activating group) is 1. The van der Waals surface area contributed by atoms with E-state index in [0.717, 1.165) is 31.4 Å². The van der Waals surface area contributed by atoms with E-state index in [1.807, 2.05) is 13.1 Å². The van der Waals surface area contributed by atoms with E-state index in [0.29, 0.717) is 17.1 Å². The van der Waals surface area contributed by atoms with Crippen LogP contribution in [0.4, 0.5) is 0 Å². The number of methoxy groups -OCH3 is 1. The Balaban J connectivity index is 2.35. The molecule has 0 atom stereocenters. The van der Waals surface area contributed by atoms with Crippen molar-refractivity contribution >= 4 is 10.0 Å². The van der Waals surface area contributed by atoms with Crippen LogP contribution < -0.4 is 10.1 Å². The first-order chi connectivity index (χ1) is 10.0. The third-order valence-electron chi connectivity index (χ3n) is 4.16. The zero-order valence-corrected chi connectivity index (χ0v) is 13.7. The van der Waals surface area contributed by atoms with Gasteiger partial charge in [0, 0.05) is 13.1 Å².